The minimum atomic E-state index is -3.49. The maximum absolute atomic E-state index is 13.6. The van der Waals surface area contributed by atoms with Gasteiger partial charge in [0, 0.05) is 18.0 Å². The van der Waals surface area contributed by atoms with Gasteiger partial charge in [-0.25, -0.2) is 13.4 Å². The molecule has 0 fully saturated rings. The van der Waals surface area contributed by atoms with E-state index in [1.165, 1.54) is 23.5 Å². The van der Waals surface area contributed by atoms with Crippen molar-refractivity contribution in [1.82, 2.24) is 9.97 Å². The molecule has 8 heteroatoms. The predicted octanol–water partition coefficient (Wildman–Crippen LogP) is 4.72. The smallest absolute Gasteiger partial charge is 0.260 e. The number of pyridine rings is 1. The molecule has 0 saturated heterocycles. The van der Waals surface area contributed by atoms with Gasteiger partial charge in [0.05, 0.1) is 26.9 Å². The van der Waals surface area contributed by atoms with Gasteiger partial charge in [0.25, 0.3) is 5.91 Å². The van der Waals surface area contributed by atoms with Crippen LogP contribution in [-0.2, 0) is 16.4 Å². The molecule has 0 unspecified atom stereocenters. The van der Waals surface area contributed by atoms with Crippen LogP contribution < -0.4 is 4.90 Å². The average molecular weight is 452 g/mol. The van der Waals surface area contributed by atoms with Gasteiger partial charge in [0.1, 0.15) is 0 Å². The highest BCUT2D eigenvalue weighted by Gasteiger charge is 2.25. The molecule has 0 saturated carbocycles. The van der Waals surface area contributed by atoms with Crippen molar-refractivity contribution in [2.75, 3.05) is 4.90 Å². The zero-order valence-electron chi connectivity index (χ0n) is 17.1. The lowest BCUT2D eigenvalue weighted by Crippen LogP contribution is -2.30. The molecule has 2 aromatic heterocycles. The number of rotatable bonds is 6. The number of sulfone groups is 1. The van der Waals surface area contributed by atoms with Crippen molar-refractivity contribution in [3.05, 3.63) is 84.2 Å². The van der Waals surface area contributed by atoms with Crippen molar-refractivity contribution in [2.24, 2.45) is 0 Å². The summed E-state index contributed by atoms with van der Waals surface area (Å²) in [7, 11) is -3.49. The fourth-order valence-electron chi connectivity index (χ4n) is 3.11. The number of para-hydroxylation sites is 1. The normalized spacial score (nSPS) is 11.7. The molecule has 0 spiro atoms. The number of anilines is 1. The van der Waals surface area contributed by atoms with E-state index in [1.54, 1.807) is 43.3 Å². The SMILES string of the molecule is CC(C)S(=O)(=O)c1cccc(C(=O)N(Cc2ccncc2)c2nc3ccccc3s2)c1. The summed E-state index contributed by atoms with van der Waals surface area (Å²) in [6.45, 7) is 3.55. The molecule has 0 aliphatic carbocycles. The van der Waals surface area contributed by atoms with Crippen molar-refractivity contribution >= 4 is 42.4 Å². The molecule has 0 aliphatic rings. The molecule has 4 rings (SSSR count). The minimum Gasteiger partial charge on any atom is -0.279 e. The number of benzene rings is 2. The Hall–Kier alpha value is -3.10. The maximum atomic E-state index is 13.6. The van der Waals surface area contributed by atoms with Gasteiger partial charge in [-0.2, -0.15) is 0 Å². The Balaban J connectivity index is 1.77. The van der Waals surface area contributed by atoms with E-state index in [1.807, 2.05) is 36.4 Å². The quantitative estimate of drug-likeness (QED) is 0.424. The summed E-state index contributed by atoms with van der Waals surface area (Å²) < 4.78 is 26.2. The van der Waals surface area contributed by atoms with E-state index in [9.17, 15) is 13.2 Å². The highest BCUT2D eigenvalue weighted by atomic mass is 32.2. The number of thiazole rings is 1. The predicted molar refractivity (Wildman–Crippen MR) is 123 cm³/mol. The number of hydrogen-bond acceptors (Lipinski definition) is 6. The van der Waals surface area contributed by atoms with Crippen LogP contribution in [0.15, 0.2) is 78.0 Å². The van der Waals surface area contributed by atoms with Gasteiger partial charge >= 0.3 is 0 Å². The summed E-state index contributed by atoms with van der Waals surface area (Å²) in [4.78, 5) is 24.0. The topological polar surface area (TPSA) is 80.2 Å². The number of hydrogen-bond donors (Lipinski definition) is 0. The van der Waals surface area contributed by atoms with Gasteiger partial charge in [-0.05, 0) is 61.9 Å². The van der Waals surface area contributed by atoms with Crippen molar-refractivity contribution < 1.29 is 13.2 Å². The zero-order valence-corrected chi connectivity index (χ0v) is 18.7. The van der Waals surface area contributed by atoms with Crippen molar-refractivity contribution in [3.8, 4) is 0 Å². The molecule has 0 bridgehead atoms. The van der Waals surface area contributed by atoms with E-state index in [2.05, 4.69) is 9.97 Å². The van der Waals surface area contributed by atoms with Crippen LogP contribution in [0.3, 0.4) is 0 Å². The Morgan fingerprint density at radius 2 is 1.77 bits per heavy atom. The second-order valence-corrected chi connectivity index (χ2v) is 10.8. The molecule has 0 N–H and O–H groups in total. The van der Waals surface area contributed by atoms with Crippen LogP contribution in [0.25, 0.3) is 10.2 Å². The zero-order chi connectivity index (χ0) is 22.0. The summed E-state index contributed by atoms with van der Waals surface area (Å²) in [5, 5.41) is -0.0184. The van der Waals surface area contributed by atoms with Gasteiger partial charge in [-0.3, -0.25) is 14.7 Å². The molecule has 0 atom stereocenters. The first-order valence-corrected chi connectivity index (χ1v) is 12.1. The Morgan fingerprint density at radius 3 is 2.48 bits per heavy atom. The van der Waals surface area contributed by atoms with Gasteiger partial charge in [-0.1, -0.05) is 29.5 Å². The minimum absolute atomic E-state index is 0.140. The van der Waals surface area contributed by atoms with Crippen LogP contribution >= 0.6 is 11.3 Å². The molecule has 4 aromatic rings. The van der Waals surface area contributed by atoms with Crippen LogP contribution in [0.5, 0.6) is 0 Å². The highest BCUT2D eigenvalue weighted by Crippen LogP contribution is 2.31. The summed E-state index contributed by atoms with van der Waals surface area (Å²) >= 11 is 1.42. The first kappa shape index (κ1) is 21.1. The van der Waals surface area contributed by atoms with Gasteiger partial charge in [0.2, 0.25) is 0 Å². The molecular formula is C23H21N3O3S2. The molecule has 2 heterocycles. The highest BCUT2D eigenvalue weighted by molar-refractivity contribution is 7.92. The number of nitrogens with zero attached hydrogens (tertiary/aromatic N) is 3. The summed E-state index contributed by atoms with van der Waals surface area (Å²) in [5.74, 6) is -0.309. The van der Waals surface area contributed by atoms with Crippen LogP contribution in [0.4, 0.5) is 5.13 Å². The van der Waals surface area contributed by atoms with Gasteiger partial charge in [-0.15, -0.1) is 0 Å². The number of amides is 1. The molecule has 6 nitrogen and oxygen atoms in total. The lowest BCUT2D eigenvalue weighted by molar-refractivity contribution is 0.0985. The molecular weight excluding hydrogens is 430 g/mol. The third kappa shape index (κ3) is 4.35. The maximum Gasteiger partial charge on any atom is 0.260 e. The lowest BCUT2D eigenvalue weighted by Gasteiger charge is -2.20. The van der Waals surface area contributed by atoms with Gasteiger partial charge < -0.3 is 0 Å². The van der Waals surface area contributed by atoms with E-state index in [0.29, 0.717) is 17.2 Å². The van der Waals surface area contributed by atoms with E-state index in [4.69, 9.17) is 0 Å². The van der Waals surface area contributed by atoms with Crippen molar-refractivity contribution in [1.29, 1.82) is 0 Å². The van der Waals surface area contributed by atoms with Crippen molar-refractivity contribution in [2.45, 2.75) is 30.5 Å². The third-order valence-electron chi connectivity index (χ3n) is 4.88. The van der Waals surface area contributed by atoms with Crippen LogP contribution in [0, 0.1) is 0 Å². The monoisotopic (exact) mass is 451 g/mol. The van der Waals surface area contributed by atoms with Gasteiger partial charge in [0.15, 0.2) is 15.0 Å². The average Bonchev–Trinajstić information content (AvgIpc) is 3.21. The first-order valence-electron chi connectivity index (χ1n) is 9.76. The standard InChI is InChI=1S/C23H21N3O3S2/c1-16(2)31(28,29)19-7-5-6-18(14-19)22(27)26(15-17-10-12-24-13-11-17)23-25-20-8-3-4-9-21(20)30-23/h3-14,16H,15H2,1-2H3. The summed E-state index contributed by atoms with van der Waals surface area (Å²) in [6.07, 6.45) is 3.35. The van der Waals surface area contributed by atoms with Crippen LogP contribution in [-0.4, -0.2) is 29.5 Å². The largest absolute Gasteiger partial charge is 0.279 e. The van der Waals surface area contributed by atoms with E-state index < -0.39 is 15.1 Å². The van der Waals surface area contributed by atoms with Crippen LogP contribution in [0.2, 0.25) is 0 Å². The van der Waals surface area contributed by atoms with Crippen LogP contribution in [0.1, 0.15) is 29.8 Å². The Bertz CT molecular complexity index is 1300. The number of carbonyl (C=O) groups excluding carboxylic acids is 1. The van der Waals surface area contributed by atoms with E-state index in [-0.39, 0.29) is 10.8 Å². The molecule has 1 amide bonds. The fraction of sp³-hybridized carbons (Fsp3) is 0.174. The second-order valence-electron chi connectivity index (χ2n) is 7.33. The Kier molecular flexibility index (Phi) is 5.84. The second kappa shape index (κ2) is 8.56. The summed E-state index contributed by atoms with van der Waals surface area (Å²) in [6, 6.07) is 17.6. The molecule has 31 heavy (non-hydrogen) atoms. The summed E-state index contributed by atoms with van der Waals surface area (Å²) in [5.41, 5.74) is 2.01. The Morgan fingerprint density at radius 1 is 1.03 bits per heavy atom. The number of aromatic nitrogens is 2. The molecule has 0 aliphatic heterocycles. The molecule has 0 radical (unpaired) electrons. The third-order valence-corrected chi connectivity index (χ3v) is 8.09. The number of carbonyl (C=O) groups is 1. The molecule has 2 aromatic carbocycles. The molecule has 158 valence electrons. The lowest BCUT2D eigenvalue weighted by atomic mass is 10.2. The van der Waals surface area contributed by atoms with E-state index >= 15 is 0 Å². The fourth-order valence-corrected chi connectivity index (χ4v) is 5.17. The first-order chi connectivity index (χ1) is 14.9. The van der Waals surface area contributed by atoms with E-state index in [0.717, 1.165) is 15.8 Å². The Labute approximate surface area is 185 Å². The number of fused-ring (bicyclic) bond motifs is 1. The van der Waals surface area contributed by atoms with Crippen molar-refractivity contribution in [3.63, 3.8) is 0 Å².